The molecular formula is C17H24ClNO3Si. The molecule has 2 rings (SSSR count). The van der Waals surface area contributed by atoms with E-state index in [2.05, 4.69) is 38.8 Å². The SMILES string of the molecule is CCOC(=O)c1cc2cc(Cl)c(O[Si](C)(C)C(C)(C)C)cc2[nH]1. The predicted molar refractivity (Wildman–Crippen MR) is 97.1 cm³/mol. The molecular weight excluding hydrogens is 330 g/mol. The highest BCUT2D eigenvalue weighted by atomic mass is 35.5. The lowest BCUT2D eigenvalue weighted by Gasteiger charge is -2.36. The zero-order valence-corrected chi connectivity index (χ0v) is 16.3. The van der Waals surface area contributed by atoms with Gasteiger partial charge in [0.2, 0.25) is 0 Å². The molecule has 126 valence electrons. The minimum atomic E-state index is -1.98. The highest BCUT2D eigenvalue weighted by molar-refractivity contribution is 6.74. The molecule has 6 heteroatoms. The summed E-state index contributed by atoms with van der Waals surface area (Å²) in [6.07, 6.45) is 0. The van der Waals surface area contributed by atoms with E-state index in [-0.39, 0.29) is 11.0 Å². The van der Waals surface area contributed by atoms with E-state index >= 15 is 0 Å². The highest BCUT2D eigenvalue weighted by Gasteiger charge is 2.39. The maximum absolute atomic E-state index is 11.8. The smallest absolute Gasteiger partial charge is 0.354 e. The van der Waals surface area contributed by atoms with Crippen molar-refractivity contribution in [2.45, 2.75) is 45.8 Å². The van der Waals surface area contributed by atoms with Crippen LogP contribution >= 0.6 is 11.6 Å². The first-order valence-electron chi connectivity index (χ1n) is 7.73. The van der Waals surface area contributed by atoms with E-state index in [1.54, 1.807) is 13.0 Å². The van der Waals surface area contributed by atoms with E-state index in [0.717, 1.165) is 10.9 Å². The van der Waals surface area contributed by atoms with Crippen LogP contribution in [0.15, 0.2) is 18.2 Å². The fraction of sp³-hybridized carbons (Fsp3) is 0.471. The van der Waals surface area contributed by atoms with Gasteiger partial charge in [-0.2, -0.15) is 0 Å². The summed E-state index contributed by atoms with van der Waals surface area (Å²) in [6.45, 7) is 13.0. The largest absolute Gasteiger partial charge is 0.542 e. The van der Waals surface area contributed by atoms with Crippen LogP contribution in [0.2, 0.25) is 23.2 Å². The Hall–Kier alpha value is -1.46. The second kappa shape index (κ2) is 6.21. The minimum Gasteiger partial charge on any atom is -0.542 e. The fourth-order valence-electron chi connectivity index (χ4n) is 1.96. The quantitative estimate of drug-likeness (QED) is 0.592. The predicted octanol–water partition coefficient (Wildman–Crippen LogP) is 5.38. The van der Waals surface area contributed by atoms with Gasteiger partial charge in [-0.15, -0.1) is 0 Å². The number of aromatic nitrogens is 1. The second-order valence-electron chi connectivity index (χ2n) is 7.14. The average Bonchev–Trinajstić information content (AvgIpc) is 2.80. The molecule has 0 aliphatic rings. The lowest BCUT2D eigenvalue weighted by molar-refractivity contribution is 0.0520. The van der Waals surface area contributed by atoms with Crippen molar-refractivity contribution in [3.63, 3.8) is 0 Å². The number of ether oxygens (including phenoxy) is 1. The highest BCUT2D eigenvalue weighted by Crippen LogP contribution is 2.40. The first-order valence-corrected chi connectivity index (χ1v) is 11.0. The van der Waals surface area contributed by atoms with Crippen LogP contribution in [-0.4, -0.2) is 25.9 Å². The molecule has 0 bridgehead atoms. The standard InChI is InChI=1S/C17H24ClNO3Si/c1-7-21-16(20)14-9-11-8-12(18)15(10-13(11)19-14)22-23(5,6)17(2,3)4/h8-10,19H,7H2,1-6H3. The van der Waals surface area contributed by atoms with Crippen LogP contribution in [-0.2, 0) is 4.74 Å². The summed E-state index contributed by atoms with van der Waals surface area (Å²) in [5.41, 5.74) is 1.23. The van der Waals surface area contributed by atoms with Crippen LogP contribution in [0.25, 0.3) is 10.9 Å². The third kappa shape index (κ3) is 3.72. The van der Waals surface area contributed by atoms with Gasteiger partial charge < -0.3 is 14.1 Å². The summed E-state index contributed by atoms with van der Waals surface area (Å²) in [4.78, 5) is 14.9. The Balaban J connectivity index is 2.39. The maximum atomic E-state index is 11.8. The van der Waals surface area contributed by atoms with Crippen molar-refractivity contribution in [1.82, 2.24) is 4.98 Å². The van der Waals surface area contributed by atoms with Gasteiger partial charge in [0.05, 0.1) is 11.6 Å². The van der Waals surface area contributed by atoms with Crippen LogP contribution < -0.4 is 4.43 Å². The molecule has 23 heavy (non-hydrogen) atoms. The summed E-state index contributed by atoms with van der Waals surface area (Å²) in [6, 6.07) is 5.43. The molecule has 1 heterocycles. The van der Waals surface area contributed by atoms with Gasteiger partial charge in [-0.3, -0.25) is 0 Å². The summed E-state index contributed by atoms with van der Waals surface area (Å²) < 4.78 is 11.3. The Labute approximate surface area is 143 Å². The summed E-state index contributed by atoms with van der Waals surface area (Å²) >= 11 is 6.38. The van der Waals surface area contributed by atoms with Crippen molar-refractivity contribution in [3.05, 3.63) is 28.9 Å². The number of rotatable bonds is 4. The zero-order chi connectivity index (χ0) is 17.4. The molecule has 1 aromatic heterocycles. The Morgan fingerprint density at radius 2 is 1.91 bits per heavy atom. The maximum Gasteiger partial charge on any atom is 0.354 e. The van der Waals surface area contributed by atoms with Crippen LogP contribution in [0.5, 0.6) is 5.75 Å². The topological polar surface area (TPSA) is 51.3 Å². The molecule has 0 amide bonds. The van der Waals surface area contributed by atoms with E-state index in [0.29, 0.717) is 23.1 Å². The number of hydrogen-bond acceptors (Lipinski definition) is 3. The van der Waals surface area contributed by atoms with Crippen molar-refractivity contribution < 1.29 is 14.0 Å². The van der Waals surface area contributed by atoms with Gasteiger partial charge in [0, 0.05) is 17.0 Å². The Morgan fingerprint density at radius 1 is 1.26 bits per heavy atom. The number of aromatic amines is 1. The molecule has 0 aliphatic heterocycles. The van der Waals surface area contributed by atoms with Gasteiger partial charge in [0.25, 0.3) is 8.32 Å². The lowest BCUT2D eigenvalue weighted by Crippen LogP contribution is -2.43. The molecule has 0 radical (unpaired) electrons. The summed E-state index contributed by atoms with van der Waals surface area (Å²) in [5.74, 6) is 0.287. The molecule has 0 saturated carbocycles. The van der Waals surface area contributed by atoms with Crippen molar-refractivity contribution in [2.75, 3.05) is 6.61 Å². The molecule has 1 N–H and O–H groups in total. The number of hydrogen-bond donors (Lipinski definition) is 1. The van der Waals surface area contributed by atoms with Crippen molar-refractivity contribution >= 4 is 36.8 Å². The Kier molecular flexibility index (Phi) is 4.83. The number of nitrogens with one attached hydrogen (secondary N) is 1. The molecule has 0 atom stereocenters. The van der Waals surface area contributed by atoms with Gasteiger partial charge in [0.15, 0.2) is 0 Å². The normalized spacial score (nSPS) is 12.5. The van der Waals surface area contributed by atoms with E-state index < -0.39 is 8.32 Å². The number of benzene rings is 1. The third-order valence-electron chi connectivity index (χ3n) is 4.34. The molecule has 4 nitrogen and oxygen atoms in total. The molecule has 0 aliphatic carbocycles. The van der Waals surface area contributed by atoms with Gasteiger partial charge >= 0.3 is 5.97 Å². The summed E-state index contributed by atoms with van der Waals surface area (Å²) in [5, 5.41) is 1.49. The van der Waals surface area contributed by atoms with Crippen molar-refractivity contribution in [2.24, 2.45) is 0 Å². The van der Waals surface area contributed by atoms with Gasteiger partial charge in [-0.1, -0.05) is 32.4 Å². The van der Waals surface area contributed by atoms with E-state index in [9.17, 15) is 4.79 Å². The third-order valence-corrected chi connectivity index (χ3v) is 8.98. The van der Waals surface area contributed by atoms with Gasteiger partial charge in [0.1, 0.15) is 11.4 Å². The molecule has 0 saturated heterocycles. The number of carbonyl (C=O) groups is 1. The lowest BCUT2D eigenvalue weighted by atomic mass is 10.2. The molecule has 1 aromatic carbocycles. The van der Waals surface area contributed by atoms with Gasteiger partial charge in [-0.25, -0.2) is 4.79 Å². The average molecular weight is 354 g/mol. The first-order chi connectivity index (χ1) is 10.5. The van der Waals surface area contributed by atoms with E-state index in [1.807, 2.05) is 12.1 Å². The van der Waals surface area contributed by atoms with E-state index in [4.69, 9.17) is 20.8 Å². The van der Waals surface area contributed by atoms with Crippen LogP contribution in [0.4, 0.5) is 0 Å². The molecule has 0 unspecified atom stereocenters. The minimum absolute atomic E-state index is 0.0805. The van der Waals surface area contributed by atoms with Crippen LogP contribution in [0, 0.1) is 0 Å². The first kappa shape index (κ1) is 17.9. The molecule has 0 spiro atoms. The number of fused-ring (bicyclic) bond motifs is 1. The number of esters is 1. The Bertz CT molecular complexity index is 731. The number of carbonyl (C=O) groups excluding carboxylic acids is 1. The number of H-pyrrole nitrogens is 1. The Morgan fingerprint density at radius 3 is 2.48 bits per heavy atom. The van der Waals surface area contributed by atoms with Crippen LogP contribution in [0.1, 0.15) is 38.2 Å². The van der Waals surface area contributed by atoms with Crippen molar-refractivity contribution in [1.29, 1.82) is 0 Å². The van der Waals surface area contributed by atoms with Gasteiger partial charge in [-0.05, 0) is 37.2 Å². The van der Waals surface area contributed by atoms with Crippen molar-refractivity contribution in [3.8, 4) is 5.75 Å². The van der Waals surface area contributed by atoms with E-state index in [1.165, 1.54) is 0 Å². The van der Waals surface area contributed by atoms with Crippen LogP contribution in [0.3, 0.4) is 0 Å². The fourth-order valence-corrected chi connectivity index (χ4v) is 3.26. The summed E-state index contributed by atoms with van der Waals surface area (Å²) in [7, 11) is -1.98. The molecule has 0 fully saturated rings. The monoisotopic (exact) mass is 353 g/mol. The molecule has 2 aromatic rings. The zero-order valence-electron chi connectivity index (χ0n) is 14.5. The number of halogens is 1. The second-order valence-corrected chi connectivity index (χ2v) is 12.3.